The number of benzene rings is 2. The number of hydrogen-bond acceptors (Lipinski definition) is 2. The van der Waals surface area contributed by atoms with Crippen LogP contribution in [0.15, 0.2) is 48.5 Å². The van der Waals surface area contributed by atoms with Crippen LogP contribution < -0.4 is 10.6 Å². The van der Waals surface area contributed by atoms with Crippen molar-refractivity contribution >= 4 is 28.7 Å². The number of nitrogens with zero attached hydrogens (tertiary/aromatic N) is 2. The second-order valence-corrected chi connectivity index (χ2v) is 7.92. The third kappa shape index (κ3) is 5.45. The molecule has 2 aromatic carbocycles. The molecule has 0 atom stereocenters. The third-order valence-electron chi connectivity index (χ3n) is 5.23. The molecule has 2 N–H and O–H groups in total. The van der Waals surface area contributed by atoms with Crippen LogP contribution in [-0.4, -0.2) is 14.9 Å². The molecule has 0 unspecified atom stereocenters. The van der Waals surface area contributed by atoms with Gasteiger partial charge < -0.3 is 10.6 Å². The quantitative estimate of drug-likeness (QED) is 0.472. The predicted molar refractivity (Wildman–Crippen MR) is 127 cm³/mol. The zero-order valence-corrected chi connectivity index (χ0v) is 18.6. The van der Waals surface area contributed by atoms with E-state index in [1.807, 2.05) is 11.6 Å². The van der Waals surface area contributed by atoms with E-state index in [1.54, 1.807) is 0 Å². The average Bonchev–Trinajstić information content (AvgIpc) is 2.96. The topological polar surface area (TPSA) is 41.9 Å². The number of nitrogens with one attached hydrogen (secondary N) is 2. The molecule has 0 saturated carbocycles. The summed E-state index contributed by atoms with van der Waals surface area (Å²) >= 11 is 5.54. The first kappa shape index (κ1) is 21.1. The van der Waals surface area contributed by atoms with Crippen LogP contribution in [0.3, 0.4) is 0 Å². The molecule has 0 aliphatic heterocycles. The van der Waals surface area contributed by atoms with Gasteiger partial charge in [-0.2, -0.15) is 5.10 Å². The highest BCUT2D eigenvalue weighted by atomic mass is 32.1. The minimum absolute atomic E-state index is 0.577. The SMILES string of the molecule is CCCCc1ccc(NC(=S)Nc2c(C)nn(Cc3ccccc3C)c2C)cc1. The summed E-state index contributed by atoms with van der Waals surface area (Å²) in [7, 11) is 0. The fourth-order valence-electron chi connectivity index (χ4n) is 3.39. The molecule has 0 aliphatic carbocycles. The van der Waals surface area contributed by atoms with Crippen molar-refractivity contribution in [3.05, 3.63) is 76.6 Å². The first-order chi connectivity index (χ1) is 14.0. The lowest BCUT2D eigenvalue weighted by Gasteiger charge is -2.12. The van der Waals surface area contributed by atoms with Crippen molar-refractivity contribution in [2.24, 2.45) is 0 Å². The Balaban J connectivity index is 1.66. The Hall–Kier alpha value is -2.66. The molecule has 3 aromatic rings. The van der Waals surface area contributed by atoms with Crippen molar-refractivity contribution in [1.29, 1.82) is 0 Å². The van der Waals surface area contributed by atoms with Crippen molar-refractivity contribution in [1.82, 2.24) is 9.78 Å². The van der Waals surface area contributed by atoms with Gasteiger partial charge in [0.2, 0.25) is 0 Å². The highest BCUT2D eigenvalue weighted by Gasteiger charge is 2.13. The van der Waals surface area contributed by atoms with Gasteiger partial charge >= 0.3 is 0 Å². The summed E-state index contributed by atoms with van der Waals surface area (Å²) in [6.45, 7) is 9.18. The van der Waals surface area contributed by atoms with Gasteiger partial charge in [-0.3, -0.25) is 4.68 Å². The molecule has 3 rings (SSSR count). The summed E-state index contributed by atoms with van der Waals surface area (Å²) in [4.78, 5) is 0. The molecule has 0 aliphatic rings. The van der Waals surface area contributed by atoms with Gasteiger partial charge in [0.05, 0.1) is 23.6 Å². The Morgan fingerprint density at radius 1 is 1.00 bits per heavy atom. The number of anilines is 2. The van der Waals surface area contributed by atoms with Crippen LogP contribution in [-0.2, 0) is 13.0 Å². The molecule has 0 fully saturated rings. The molecule has 0 amide bonds. The molecule has 1 heterocycles. The lowest BCUT2D eigenvalue weighted by Crippen LogP contribution is -2.20. The van der Waals surface area contributed by atoms with Crippen LogP contribution in [0, 0.1) is 20.8 Å². The van der Waals surface area contributed by atoms with Gasteiger partial charge in [0.1, 0.15) is 0 Å². The van der Waals surface area contributed by atoms with E-state index in [-0.39, 0.29) is 0 Å². The molecule has 1 aromatic heterocycles. The second kappa shape index (κ2) is 9.70. The van der Waals surface area contributed by atoms with E-state index in [4.69, 9.17) is 17.3 Å². The van der Waals surface area contributed by atoms with E-state index in [0.717, 1.165) is 35.7 Å². The Kier molecular flexibility index (Phi) is 7.04. The fourth-order valence-corrected chi connectivity index (χ4v) is 3.61. The van der Waals surface area contributed by atoms with Gasteiger partial charge in [0.25, 0.3) is 0 Å². The van der Waals surface area contributed by atoms with Crippen LogP contribution in [0.1, 0.15) is 47.8 Å². The van der Waals surface area contributed by atoms with E-state index < -0.39 is 0 Å². The highest BCUT2D eigenvalue weighted by molar-refractivity contribution is 7.80. The van der Waals surface area contributed by atoms with Gasteiger partial charge in [-0.05, 0) is 74.7 Å². The number of hydrogen-bond donors (Lipinski definition) is 2. The van der Waals surface area contributed by atoms with Gasteiger partial charge in [0.15, 0.2) is 5.11 Å². The highest BCUT2D eigenvalue weighted by Crippen LogP contribution is 2.22. The Labute approximate surface area is 179 Å². The van der Waals surface area contributed by atoms with E-state index in [9.17, 15) is 0 Å². The van der Waals surface area contributed by atoms with Crippen LogP contribution in [0.4, 0.5) is 11.4 Å². The van der Waals surface area contributed by atoms with Crippen LogP contribution in [0.25, 0.3) is 0 Å². The molecule has 0 bridgehead atoms. The van der Waals surface area contributed by atoms with Crippen LogP contribution >= 0.6 is 12.2 Å². The standard InChI is InChI=1S/C24H30N4S/c1-5-6-10-20-12-14-22(15-13-20)25-24(29)26-23-18(3)27-28(19(23)4)16-21-11-8-7-9-17(21)2/h7-9,11-15H,5-6,10,16H2,1-4H3,(H2,25,26,29). The Bertz CT molecular complexity index is 973. The summed E-state index contributed by atoms with van der Waals surface area (Å²) in [5.74, 6) is 0. The smallest absolute Gasteiger partial charge is 0.175 e. The van der Waals surface area contributed by atoms with Crippen LogP contribution in [0.5, 0.6) is 0 Å². The predicted octanol–water partition coefficient (Wildman–Crippen LogP) is 6.01. The van der Waals surface area contributed by atoms with Crippen molar-refractivity contribution in [2.45, 2.75) is 53.5 Å². The summed E-state index contributed by atoms with van der Waals surface area (Å²) in [5.41, 5.74) is 7.88. The number of aromatic nitrogens is 2. The largest absolute Gasteiger partial charge is 0.332 e. The van der Waals surface area contributed by atoms with Gasteiger partial charge in [0, 0.05) is 5.69 Å². The molecular formula is C24H30N4S. The molecule has 0 saturated heterocycles. The summed E-state index contributed by atoms with van der Waals surface area (Å²) in [6.07, 6.45) is 3.56. The van der Waals surface area contributed by atoms with Crippen molar-refractivity contribution in [3.8, 4) is 0 Å². The van der Waals surface area contributed by atoms with E-state index in [1.165, 1.54) is 29.5 Å². The van der Waals surface area contributed by atoms with Crippen LogP contribution in [0.2, 0.25) is 0 Å². The molecule has 0 spiro atoms. The number of aryl methyl sites for hydroxylation is 3. The average molecular weight is 407 g/mol. The van der Waals surface area contributed by atoms with Crippen molar-refractivity contribution < 1.29 is 0 Å². The minimum Gasteiger partial charge on any atom is -0.332 e. The molecule has 5 heteroatoms. The first-order valence-electron chi connectivity index (χ1n) is 10.2. The van der Waals surface area contributed by atoms with Crippen molar-refractivity contribution in [2.75, 3.05) is 10.6 Å². The Morgan fingerprint density at radius 2 is 1.72 bits per heavy atom. The van der Waals surface area contributed by atoms with E-state index >= 15 is 0 Å². The monoisotopic (exact) mass is 406 g/mol. The van der Waals surface area contributed by atoms with E-state index in [2.05, 4.69) is 79.9 Å². The maximum Gasteiger partial charge on any atom is 0.175 e. The lowest BCUT2D eigenvalue weighted by atomic mass is 10.1. The molecule has 4 nitrogen and oxygen atoms in total. The summed E-state index contributed by atoms with van der Waals surface area (Å²) in [6, 6.07) is 16.9. The second-order valence-electron chi connectivity index (χ2n) is 7.51. The summed E-state index contributed by atoms with van der Waals surface area (Å²) < 4.78 is 2.03. The van der Waals surface area contributed by atoms with E-state index in [0.29, 0.717) is 5.11 Å². The maximum atomic E-state index is 5.54. The molecule has 0 radical (unpaired) electrons. The number of thiocarbonyl (C=S) groups is 1. The third-order valence-corrected chi connectivity index (χ3v) is 5.44. The van der Waals surface area contributed by atoms with Gasteiger partial charge in [-0.25, -0.2) is 0 Å². The zero-order valence-electron chi connectivity index (χ0n) is 17.7. The zero-order chi connectivity index (χ0) is 20.8. The fraction of sp³-hybridized carbons (Fsp3) is 0.333. The molecular weight excluding hydrogens is 376 g/mol. The Morgan fingerprint density at radius 3 is 2.41 bits per heavy atom. The van der Waals surface area contributed by atoms with Gasteiger partial charge in [-0.1, -0.05) is 49.7 Å². The minimum atomic E-state index is 0.577. The number of rotatable bonds is 7. The maximum absolute atomic E-state index is 5.54. The normalized spacial score (nSPS) is 10.8. The summed E-state index contributed by atoms with van der Waals surface area (Å²) in [5, 5.41) is 11.9. The van der Waals surface area contributed by atoms with Gasteiger partial charge in [-0.15, -0.1) is 0 Å². The van der Waals surface area contributed by atoms with Crippen molar-refractivity contribution in [3.63, 3.8) is 0 Å². The lowest BCUT2D eigenvalue weighted by molar-refractivity contribution is 0.657. The number of unbranched alkanes of at least 4 members (excludes halogenated alkanes) is 1. The molecule has 29 heavy (non-hydrogen) atoms. The molecule has 152 valence electrons. The first-order valence-corrected chi connectivity index (χ1v) is 10.6.